The lowest BCUT2D eigenvalue weighted by Crippen LogP contribution is -2.41. The second kappa shape index (κ2) is 36.0. The smallest absolute Gasteiger partial charge is 0.481 e. The van der Waals surface area contributed by atoms with Crippen LogP contribution in [0.3, 0.4) is 0 Å². The standard InChI is InChI=1S/C41H77NO9S/c1-4-7-9-11-13-15-17-19-21-23-25-27-29-35(34(31-37(43)44)28-26-24-22-20-18-16-14-12-10-8-5-2)39(45)50-38(51-40(46)36(42)33-52)32-49-41(47)48-30-6-3/h34-36,38,52H,4-33,42H2,1-3H3,(H,43,44)/t34?,35-,36-,38-/m0/s1. The van der Waals surface area contributed by atoms with Crippen LogP contribution in [0.4, 0.5) is 4.79 Å². The number of nitrogens with two attached hydrogens (primary N) is 1. The summed E-state index contributed by atoms with van der Waals surface area (Å²) in [5.74, 6) is -3.65. The zero-order chi connectivity index (χ0) is 38.7. The summed E-state index contributed by atoms with van der Waals surface area (Å²) < 4.78 is 21.0. The van der Waals surface area contributed by atoms with E-state index in [0.717, 1.165) is 51.4 Å². The number of unbranched alkanes of at least 4 members (excludes halogenated alkanes) is 21. The number of rotatable bonds is 37. The van der Waals surface area contributed by atoms with Gasteiger partial charge in [0, 0.05) is 12.2 Å². The molecule has 0 aliphatic rings. The van der Waals surface area contributed by atoms with Crippen LogP contribution in [0.1, 0.15) is 194 Å². The van der Waals surface area contributed by atoms with Crippen LogP contribution in [0.5, 0.6) is 0 Å². The third-order valence-electron chi connectivity index (χ3n) is 9.61. The summed E-state index contributed by atoms with van der Waals surface area (Å²) in [4.78, 5) is 50.4. The van der Waals surface area contributed by atoms with E-state index in [2.05, 4.69) is 26.5 Å². The largest absolute Gasteiger partial charge is 0.508 e. The molecule has 0 aromatic heterocycles. The maximum atomic E-state index is 13.8. The number of carbonyl (C=O) groups is 4. The van der Waals surface area contributed by atoms with Gasteiger partial charge in [0.25, 0.3) is 6.29 Å². The number of carbonyl (C=O) groups excluding carboxylic acids is 3. The molecule has 52 heavy (non-hydrogen) atoms. The van der Waals surface area contributed by atoms with E-state index in [1.807, 2.05) is 6.92 Å². The highest BCUT2D eigenvalue weighted by molar-refractivity contribution is 7.80. The lowest BCUT2D eigenvalue weighted by atomic mass is 9.81. The first-order valence-electron chi connectivity index (χ1n) is 21.0. The highest BCUT2D eigenvalue weighted by Crippen LogP contribution is 2.30. The maximum Gasteiger partial charge on any atom is 0.508 e. The summed E-state index contributed by atoms with van der Waals surface area (Å²) in [7, 11) is 0. The first kappa shape index (κ1) is 50.0. The van der Waals surface area contributed by atoms with Gasteiger partial charge in [-0.15, -0.1) is 0 Å². The molecule has 0 saturated heterocycles. The molecular weight excluding hydrogens is 683 g/mol. The summed E-state index contributed by atoms with van der Waals surface area (Å²) in [6.07, 6.45) is 26.0. The number of carboxylic acid groups (broad SMARTS) is 1. The fourth-order valence-electron chi connectivity index (χ4n) is 6.46. The van der Waals surface area contributed by atoms with Gasteiger partial charge < -0.3 is 29.8 Å². The minimum atomic E-state index is -1.56. The number of esters is 2. The minimum absolute atomic E-state index is 0.000126. The van der Waals surface area contributed by atoms with Crippen molar-refractivity contribution in [3.63, 3.8) is 0 Å². The fourth-order valence-corrected chi connectivity index (χ4v) is 6.60. The van der Waals surface area contributed by atoms with Gasteiger partial charge in [-0.25, -0.2) is 4.79 Å². The van der Waals surface area contributed by atoms with E-state index in [-0.39, 0.29) is 18.8 Å². The van der Waals surface area contributed by atoms with E-state index >= 15 is 0 Å². The Morgan fingerprint density at radius 1 is 0.577 bits per heavy atom. The summed E-state index contributed by atoms with van der Waals surface area (Å²) in [5, 5.41) is 9.86. The maximum absolute atomic E-state index is 13.8. The Morgan fingerprint density at radius 3 is 1.42 bits per heavy atom. The molecule has 0 amide bonds. The molecule has 0 aromatic rings. The van der Waals surface area contributed by atoms with E-state index in [0.29, 0.717) is 19.3 Å². The van der Waals surface area contributed by atoms with Crippen molar-refractivity contribution in [1.82, 2.24) is 0 Å². The molecule has 0 aromatic carbocycles. The summed E-state index contributed by atoms with van der Waals surface area (Å²) in [6, 6.07) is -1.07. The molecule has 0 aliphatic carbocycles. The van der Waals surface area contributed by atoms with E-state index in [4.69, 9.17) is 24.7 Å². The third kappa shape index (κ3) is 29.4. The first-order chi connectivity index (χ1) is 25.2. The topological polar surface area (TPSA) is 151 Å². The van der Waals surface area contributed by atoms with Crippen molar-refractivity contribution in [2.24, 2.45) is 17.6 Å². The van der Waals surface area contributed by atoms with Gasteiger partial charge in [0.05, 0.1) is 12.5 Å². The molecule has 0 bridgehead atoms. The van der Waals surface area contributed by atoms with Gasteiger partial charge in [-0.3, -0.25) is 14.4 Å². The van der Waals surface area contributed by atoms with Gasteiger partial charge in [-0.05, 0) is 25.2 Å². The SMILES string of the molecule is CCCCCCCCCCCCCC[C@H](C(=O)O[C@H](COC(=O)OCCC)OC(=O)[C@@H](N)CS)C(CCCCCCCCCCCCC)CC(=O)O. The van der Waals surface area contributed by atoms with Crippen LogP contribution < -0.4 is 5.73 Å². The van der Waals surface area contributed by atoms with Gasteiger partial charge in [-0.1, -0.05) is 168 Å². The second-order valence-corrected chi connectivity index (χ2v) is 14.8. The van der Waals surface area contributed by atoms with Crippen LogP contribution in [0.15, 0.2) is 0 Å². The Morgan fingerprint density at radius 2 is 1.00 bits per heavy atom. The van der Waals surface area contributed by atoms with Crippen LogP contribution in [0, 0.1) is 11.8 Å². The molecule has 0 aliphatic heterocycles. The third-order valence-corrected chi connectivity index (χ3v) is 10.0. The van der Waals surface area contributed by atoms with E-state index < -0.39 is 54.8 Å². The number of hydrogen-bond acceptors (Lipinski definition) is 10. The Hall–Kier alpha value is -2.01. The predicted octanol–water partition coefficient (Wildman–Crippen LogP) is 10.7. The van der Waals surface area contributed by atoms with Crippen molar-refractivity contribution in [1.29, 1.82) is 0 Å². The quantitative estimate of drug-likeness (QED) is 0.0241. The van der Waals surface area contributed by atoms with Gasteiger partial charge >= 0.3 is 24.1 Å². The lowest BCUT2D eigenvalue weighted by Gasteiger charge is -2.27. The van der Waals surface area contributed by atoms with E-state index in [1.54, 1.807) is 0 Å². The van der Waals surface area contributed by atoms with Crippen LogP contribution in [-0.4, -0.2) is 60.5 Å². The van der Waals surface area contributed by atoms with Crippen LogP contribution in [0.25, 0.3) is 0 Å². The molecule has 1 unspecified atom stereocenters. The van der Waals surface area contributed by atoms with Crippen molar-refractivity contribution in [2.75, 3.05) is 19.0 Å². The zero-order valence-electron chi connectivity index (χ0n) is 33.3. The van der Waals surface area contributed by atoms with Gasteiger partial charge in [0.15, 0.2) is 6.61 Å². The van der Waals surface area contributed by atoms with Crippen molar-refractivity contribution in [2.45, 2.75) is 206 Å². The van der Waals surface area contributed by atoms with E-state index in [1.165, 1.54) is 96.3 Å². The van der Waals surface area contributed by atoms with Crippen molar-refractivity contribution >= 4 is 36.7 Å². The lowest BCUT2D eigenvalue weighted by molar-refractivity contribution is -0.200. The average molecular weight is 760 g/mol. The number of thiol groups is 1. The Bertz CT molecular complexity index is 890. The van der Waals surface area contributed by atoms with Crippen molar-refractivity contribution < 1.29 is 43.2 Å². The average Bonchev–Trinajstić information content (AvgIpc) is 3.12. The van der Waals surface area contributed by atoms with Crippen LogP contribution >= 0.6 is 12.6 Å². The highest BCUT2D eigenvalue weighted by Gasteiger charge is 2.34. The molecule has 0 radical (unpaired) electrons. The number of aliphatic carboxylic acids is 1. The zero-order valence-corrected chi connectivity index (χ0v) is 34.2. The van der Waals surface area contributed by atoms with Crippen molar-refractivity contribution in [3.05, 3.63) is 0 Å². The Kier molecular flexibility index (Phi) is 34.6. The molecule has 0 rings (SSSR count). The van der Waals surface area contributed by atoms with Crippen molar-refractivity contribution in [3.8, 4) is 0 Å². The second-order valence-electron chi connectivity index (χ2n) is 14.5. The monoisotopic (exact) mass is 760 g/mol. The number of ether oxygens (including phenoxy) is 4. The summed E-state index contributed by atoms with van der Waals surface area (Å²) >= 11 is 4.04. The Balaban J connectivity index is 5.42. The van der Waals surface area contributed by atoms with Gasteiger partial charge in [-0.2, -0.15) is 12.6 Å². The van der Waals surface area contributed by atoms with Crippen LogP contribution in [-0.2, 0) is 33.3 Å². The van der Waals surface area contributed by atoms with Gasteiger partial charge in [0.1, 0.15) is 6.04 Å². The van der Waals surface area contributed by atoms with Crippen LogP contribution in [0.2, 0.25) is 0 Å². The first-order valence-corrected chi connectivity index (χ1v) is 21.6. The van der Waals surface area contributed by atoms with E-state index in [9.17, 15) is 24.3 Å². The number of carboxylic acids is 1. The molecule has 0 heterocycles. The summed E-state index contributed by atoms with van der Waals surface area (Å²) in [5.41, 5.74) is 5.78. The summed E-state index contributed by atoms with van der Waals surface area (Å²) in [6.45, 7) is 5.86. The molecule has 11 heteroatoms. The highest BCUT2D eigenvalue weighted by atomic mass is 32.1. The fraction of sp³-hybridized carbons (Fsp3) is 0.902. The Labute approximate surface area is 322 Å². The molecule has 0 spiro atoms. The van der Waals surface area contributed by atoms with Gasteiger partial charge in [0.2, 0.25) is 0 Å². The molecule has 10 nitrogen and oxygen atoms in total. The molecule has 0 saturated carbocycles. The minimum Gasteiger partial charge on any atom is -0.481 e. The normalized spacial score (nSPS) is 13.6. The molecule has 4 atom stereocenters. The molecule has 0 fully saturated rings. The predicted molar refractivity (Wildman–Crippen MR) is 211 cm³/mol. The molecule has 3 N–H and O–H groups in total. The molecular formula is C41H77NO9S. The molecule has 306 valence electrons. The number of hydrogen-bond donors (Lipinski definition) is 3.